The second-order valence-corrected chi connectivity index (χ2v) is 4.13. The van der Waals surface area contributed by atoms with Crippen LogP contribution in [0, 0.1) is 5.82 Å². The highest BCUT2D eigenvalue weighted by Gasteiger charge is 2.19. The molecule has 0 spiro atoms. The van der Waals surface area contributed by atoms with E-state index in [1.165, 1.54) is 22.9 Å². The molecule has 0 aliphatic heterocycles. The standard InChI is InChI=1S/C14H12FNO4/c15-10-3-1-9(2-4-10)13(19)12-14(20)11(18)5-6-16(12)7-8-17/h1-6,17,20H,7-8H2. The molecule has 0 aliphatic rings. The van der Waals surface area contributed by atoms with Crippen molar-refractivity contribution < 1.29 is 19.4 Å². The summed E-state index contributed by atoms with van der Waals surface area (Å²) in [4.78, 5) is 23.8. The van der Waals surface area contributed by atoms with Crippen LogP contribution in [-0.4, -0.2) is 27.2 Å². The molecular formula is C14H12FNO4. The van der Waals surface area contributed by atoms with Gasteiger partial charge in [-0.3, -0.25) is 9.59 Å². The van der Waals surface area contributed by atoms with E-state index in [1.807, 2.05) is 0 Å². The summed E-state index contributed by atoms with van der Waals surface area (Å²) in [5.41, 5.74) is -0.776. The van der Waals surface area contributed by atoms with Gasteiger partial charge in [0.15, 0.2) is 5.75 Å². The molecule has 20 heavy (non-hydrogen) atoms. The Labute approximate surface area is 113 Å². The first-order chi connectivity index (χ1) is 9.54. The number of nitrogens with zero attached hydrogens (tertiary/aromatic N) is 1. The normalized spacial score (nSPS) is 10.5. The van der Waals surface area contributed by atoms with Gasteiger partial charge in [-0.15, -0.1) is 0 Å². The van der Waals surface area contributed by atoms with Gasteiger partial charge in [0.1, 0.15) is 11.5 Å². The average Bonchev–Trinajstić information content (AvgIpc) is 2.44. The molecule has 0 atom stereocenters. The van der Waals surface area contributed by atoms with E-state index in [1.54, 1.807) is 0 Å². The molecule has 0 amide bonds. The first kappa shape index (κ1) is 14.0. The molecule has 0 fully saturated rings. The van der Waals surface area contributed by atoms with E-state index in [0.717, 1.165) is 18.2 Å². The SMILES string of the molecule is O=C(c1ccc(F)cc1)c1c(O)c(=O)ccn1CCO. The summed E-state index contributed by atoms with van der Waals surface area (Å²) in [5.74, 6) is -1.80. The molecule has 1 aromatic carbocycles. The average molecular weight is 277 g/mol. The molecule has 6 heteroatoms. The Morgan fingerprint density at radius 3 is 2.45 bits per heavy atom. The fourth-order valence-electron chi connectivity index (χ4n) is 1.83. The monoisotopic (exact) mass is 277 g/mol. The molecule has 1 heterocycles. The smallest absolute Gasteiger partial charge is 0.223 e. The molecule has 5 nitrogen and oxygen atoms in total. The Balaban J connectivity index is 2.55. The molecule has 0 unspecified atom stereocenters. The first-order valence-corrected chi connectivity index (χ1v) is 5.88. The van der Waals surface area contributed by atoms with E-state index in [9.17, 15) is 19.1 Å². The maximum Gasteiger partial charge on any atom is 0.223 e. The molecule has 0 saturated heterocycles. The third kappa shape index (κ3) is 2.60. The lowest BCUT2D eigenvalue weighted by molar-refractivity contribution is 0.102. The number of benzene rings is 1. The predicted octanol–water partition coefficient (Wildman–Crippen LogP) is 0.916. The van der Waals surface area contributed by atoms with Crippen LogP contribution in [0.2, 0.25) is 0 Å². The number of hydrogen-bond acceptors (Lipinski definition) is 4. The zero-order chi connectivity index (χ0) is 14.7. The minimum absolute atomic E-state index is 0.0517. The third-order valence-electron chi connectivity index (χ3n) is 2.81. The van der Waals surface area contributed by atoms with Crippen LogP contribution < -0.4 is 5.43 Å². The van der Waals surface area contributed by atoms with E-state index in [0.29, 0.717) is 0 Å². The summed E-state index contributed by atoms with van der Waals surface area (Å²) in [6.45, 7) is -0.206. The Kier molecular flexibility index (Phi) is 3.95. The van der Waals surface area contributed by atoms with Crippen molar-refractivity contribution in [1.29, 1.82) is 0 Å². The van der Waals surface area contributed by atoms with Crippen LogP contribution in [0.5, 0.6) is 5.75 Å². The Hall–Kier alpha value is -2.47. The van der Waals surface area contributed by atoms with Gasteiger partial charge in [0.25, 0.3) is 0 Å². The topological polar surface area (TPSA) is 79.5 Å². The van der Waals surface area contributed by atoms with Crippen molar-refractivity contribution in [2.24, 2.45) is 0 Å². The van der Waals surface area contributed by atoms with Gasteiger partial charge in [-0.2, -0.15) is 0 Å². The molecule has 0 aliphatic carbocycles. The van der Waals surface area contributed by atoms with Crippen molar-refractivity contribution in [3.63, 3.8) is 0 Å². The van der Waals surface area contributed by atoms with Crippen LogP contribution in [0.25, 0.3) is 0 Å². The van der Waals surface area contributed by atoms with E-state index < -0.39 is 22.8 Å². The number of aliphatic hydroxyl groups excluding tert-OH is 1. The molecule has 2 N–H and O–H groups in total. The summed E-state index contributed by atoms with van der Waals surface area (Å²) in [7, 11) is 0. The van der Waals surface area contributed by atoms with Gasteiger partial charge in [0, 0.05) is 24.4 Å². The molecule has 2 aromatic rings. The van der Waals surface area contributed by atoms with Gasteiger partial charge >= 0.3 is 0 Å². The lowest BCUT2D eigenvalue weighted by Crippen LogP contribution is -2.19. The summed E-state index contributed by atoms with van der Waals surface area (Å²) in [6.07, 6.45) is 1.31. The third-order valence-corrected chi connectivity index (χ3v) is 2.81. The second-order valence-electron chi connectivity index (χ2n) is 4.13. The van der Waals surface area contributed by atoms with Crippen LogP contribution in [0.1, 0.15) is 16.1 Å². The zero-order valence-electron chi connectivity index (χ0n) is 10.4. The lowest BCUT2D eigenvalue weighted by Gasteiger charge is -2.12. The van der Waals surface area contributed by atoms with E-state index in [2.05, 4.69) is 0 Å². The van der Waals surface area contributed by atoms with Gasteiger partial charge in [0.05, 0.1) is 6.61 Å². The maximum absolute atomic E-state index is 12.8. The number of hydrogen-bond donors (Lipinski definition) is 2. The van der Waals surface area contributed by atoms with Gasteiger partial charge in [-0.1, -0.05) is 0 Å². The largest absolute Gasteiger partial charge is 0.503 e. The van der Waals surface area contributed by atoms with Crippen LogP contribution in [0.15, 0.2) is 41.3 Å². The number of halogens is 1. The minimum Gasteiger partial charge on any atom is -0.503 e. The minimum atomic E-state index is -0.690. The zero-order valence-corrected chi connectivity index (χ0v) is 10.4. The Morgan fingerprint density at radius 2 is 1.85 bits per heavy atom. The highest BCUT2D eigenvalue weighted by molar-refractivity contribution is 6.09. The van der Waals surface area contributed by atoms with E-state index in [4.69, 9.17) is 5.11 Å². The number of rotatable bonds is 4. The molecular weight excluding hydrogens is 265 g/mol. The summed E-state index contributed by atoms with van der Waals surface area (Å²) >= 11 is 0. The fraction of sp³-hybridized carbons (Fsp3) is 0.143. The summed E-state index contributed by atoms with van der Waals surface area (Å²) in [6, 6.07) is 5.85. The Morgan fingerprint density at radius 1 is 1.20 bits per heavy atom. The fourth-order valence-corrected chi connectivity index (χ4v) is 1.83. The van der Waals surface area contributed by atoms with Crippen molar-refractivity contribution in [2.75, 3.05) is 6.61 Å². The number of aromatic nitrogens is 1. The van der Waals surface area contributed by atoms with Gasteiger partial charge in [-0.05, 0) is 24.3 Å². The number of aromatic hydroxyl groups is 1. The maximum atomic E-state index is 12.8. The number of carbonyl (C=O) groups is 1. The van der Waals surface area contributed by atoms with Crippen molar-refractivity contribution in [3.05, 3.63) is 63.8 Å². The number of carbonyl (C=O) groups excluding carboxylic acids is 1. The molecule has 0 bridgehead atoms. The van der Waals surface area contributed by atoms with Crippen molar-refractivity contribution in [3.8, 4) is 5.75 Å². The highest BCUT2D eigenvalue weighted by Crippen LogP contribution is 2.17. The van der Waals surface area contributed by atoms with Gasteiger partial charge in [-0.25, -0.2) is 4.39 Å². The first-order valence-electron chi connectivity index (χ1n) is 5.88. The number of ketones is 1. The molecule has 0 saturated carbocycles. The van der Waals surface area contributed by atoms with Crippen LogP contribution in [0.3, 0.4) is 0 Å². The summed E-state index contributed by atoms with van der Waals surface area (Å²) in [5, 5.41) is 18.7. The van der Waals surface area contributed by atoms with E-state index >= 15 is 0 Å². The number of aliphatic hydroxyl groups is 1. The predicted molar refractivity (Wildman–Crippen MR) is 69.3 cm³/mol. The highest BCUT2D eigenvalue weighted by atomic mass is 19.1. The van der Waals surface area contributed by atoms with Crippen molar-refractivity contribution >= 4 is 5.78 Å². The number of pyridine rings is 1. The molecule has 1 aromatic heterocycles. The van der Waals surface area contributed by atoms with Gasteiger partial charge in [0.2, 0.25) is 11.2 Å². The second kappa shape index (κ2) is 5.66. The van der Waals surface area contributed by atoms with Crippen LogP contribution in [0.4, 0.5) is 4.39 Å². The molecule has 2 rings (SSSR count). The molecule has 104 valence electrons. The Bertz CT molecular complexity index is 691. The van der Waals surface area contributed by atoms with Gasteiger partial charge < -0.3 is 14.8 Å². The summed E-state index contributed by atoms with van der Waals surface area (Å²) < 4.78 is 14.1. The van der Waals surface area contributed by atoms with Crippen molar-refractivity contribution in [2.45, 2.75) is 6.54 Å². The quantitative estimate of drug-likeness (QED) is 0.814. The van der Waals surface area contributed by atoms with E-state index in [-0.39, 0.29) is 24.4 Å². The lowest BCUT2D eigenvalue weighted by atomic mass is 10.1. The van der Waals surface area contributed by atoms with Crippen LogP contribution in [-0.2, 0) is 6.54 Å². The van der Waals surface area contributed by atoms with Crippen LogP contribution >= 0.6 is 0 Å². The van der Waals surface area contributed by atoms with Crippen molar-refractivity contribution in [1.82, 2.24) is 4.57 Å². The molecule has 0 radical (unpaired) electrons.